The summed E-state index contributed by atoms with van der Waals surface area (Å²) in [5.74, 6) is 0.481. The van der Waals surface area contributed by atoms with E-state index in [0.29, 0.717) is 36.6 Å². The lowest BCUT2D eigenvalue weighted by Gasteiger charge is -2.32. The van der Waals surface area contributed by atoms with Crippen LogP contribution in [0.15, 0.2) is 43.0 Å². The molecule has 1 saturated heterocycles. The lowest BCUT2D eigenvalue weighted by atomic mass is 9.89. The van der Waals surface area contributed by atoms with E-state index in [9.17, 15) is 9.59 Å². The van der Waals surface area contributed by atoms with Crippen LogP contribution in [0.5, 0.6) is 11.8 Å². The molecule has 3 aromatic rings. The van der Waals surface area contributed by atoms with Crippen molar-refractivity contribution in [2.45, 2.75) is 38.6 Å². The minimum atomic E-state index is -0.131. The van der Waals surface area contributed by atoms with Gasteiger partial charge >= 0.3 is 0 Å². The van der Waals surface area contributed by atoms with Crippen LogP contribution in [0.4, 0.5) is 0 Å². The Morgan fingerprint density at radius 1 is 1.06 bits per heavy atom. The predicted molar refractivity (Wildman–Crippen MR) is 133 cm³/mol. The number of pyridine rings is 2. The van der Waals surface area contributed by atoms with Crippen LogP contribution >= 0.6 is 0 Å². The molecule has 4 heterocycles. The summed E-state index contributed by atoms with van der Waals surface area (Å²) in [6, 6.07) is 7.05. The lowest BCUT2D eigenvalue weighted by molar-refractivity contribution is 0.0706. The maximum absolute atomic E-state index is 13.2. The van der Waals surface area contributed by atoms with Crippen LogP contribution in [0.25, 0.3) is 0 Å². The number of aryl methyl sites for hydroxylation is 2. The summed E-state index contributed by atoms with van der Waals surface area (Å²) in [4.78, 5) is 41.0. The fraction of sp³-hybridized carbons (Fsp3) is 0.423. The molecule has 3 aromatic heterocycles. The van der Waals surface area contributed by atoms with Gasteiger partial charge in [0.2, 0.25) is 11.8 Å². The molecule has 190 valence electrons. The van der Waals surface area contributed by atoms with E-state index in [4.69, 9.17) is 14.5 Å². The van der Waals surface area contributed by atoms with Crippen molar-refractivity contribution in [2.75, 3.05) is 33.9 Å². The Balaban J connectivity index is 1.39. The molecule has 4 rings (SSSR count). The highest BCUT2D eigenvalue weighted by molar-refractivity contribution is 5.97. The number of piperidine rings is 1. The molecule has 0 spiro atoms. The largest absolute Gasteiger partial charge is 0.481 e. The van der Waals surface area contributed by atoms with E-state index in [-0.39, 0.29) is 23.6 Å². The average molecular weight is 493 g/mol. The maximum atomic E-state index is 13.2. The summed E-state index contributed by atoms with van der Waals surface area (Å²) in [5, 5.41) is 3.02. The number of rotatable bonds is 9. The Morgan fingerprint density at radius 3 is 2.53 bits per heavy atom. The van der Waals surface area contributed by atoms with Crippen molar-refractivity contribution < 1.29 is 19.1 Å². The lowest BCUT2D eigenvalue weighted by Crippen LogP contribution is -2.39. The van der Waals surface area contributed by atoms with Crippen molar-refractivity contribution in [3.8, 4) is 11.8 Å². The molecule has 10 nitrogen and oxygen atoms in total. The molecule has 1 N–H and O–H groups in total. The molecule has 10 heteroatoms. The number of carbonyl (C=O) groups excluding carboxylic acids is 2. The Kier molecular flexibility index (Phi) is 8.14. The molecule has 0 atom stereocenters. The number of aromatic nitrogens is 4. The normalized spacial score (nSPS) is 13.9. The highest BCUT2D eigenvalue weighted by Gasteiger charge is 2.29. The zero-order valence-electron chi connectivity index (χ0n) is 20.9. The Bertz CT molecular complexity index is 1190. The van der Waals surface area contributed by atoms with Crippen molar-refractivity contribution in [1.29, 1.82) is 0 Å². The maximum Gasteiger partial charge on any atom is 0.259 e. The average Bonchev–Trinajstić information content (AvgIpc) is 3.44. The second-order valence-corrected chi connectivity index (χ2v) is 8.77. The highest BCUT2D eigenvalue weighted by Crippen LogP contribution is 2.31. The van der Waals surface area contributed by atoms with Gasteiger partial charge in [-0.2, -0.15) is 4.98 Å². The van der Waals surface area contributed by atoms with Gasteiger partial charge in [-0.3, -0.25) is 14.6 Å². The number of imidazole rings is 1. The predicted octanol–water partition coefficient (Wildman–Crippen LogP) is 2.84. The van der Waals surface area contributed by atoms with E-state index >= 15 is 0 Å². The first-order valence-electron chi connectivity index (χ1n) is 12.1. The molecule has 0 saturated carbocycles. The van der Waals surface area contributed by atoms with E-state index in [1.165, 1.54) is 14.2 Å². The molecule has 0 radical (unpaired) electrons. The first kappa shape index (κ1) is 25.2. The van der Waals surface area contributed by atoms with Gasteiger partial charge in [0.1, 0.15) is 5.56 Å². The van der Waals surface area contributed by atoms with Gasteiger partial charge < -0.3 is 24.3 Å². The summed E-state index contributed by atoms with van der Waals surface area (Å²) in [7, 11) is 3.00. The topological polar surface area (TPSA) is 111 Å². The van der Waals surface area contributed by atoms with Crippen molar-refractivity contribution in [1.82, 2.24) is 29.7 Å². The number of nitrogens with one attached hydrogen (secondary N) is 1. The molecular weight excluding hydrogens is 460 g/mol. The Morgan fingerprint density at radius 2 is 1.83 bits per heavy atom. The molecule has 0 bridgehead atoms. The van der Waals surface area contributed by atoms with Gasteiger partial charge in [-0.25, -0.2) is 4.98 Å². The number of carbonyl (C=O) groups is 2. The van der Waals surface area contributed by atoms with Gasteiger partial charge in [-0.15, -0.1) is 0 Å². The fourth-order valence-electron chi connectivity index (χ4n) is 4.44. The third-order valence-electron chi connectivity index (χ3n) is 6.38. The van der Waals surface area contributed by atoms with Crippen LogP contribution in [0.2, 0.25) is 0 Å². The molecular formula is C26H32N6O4. The van der Waals surface area contributed by atoms with Gasteiger partial charge in [0.25, 0.3) is 11.8 Å². The van der Waals surface area contributed by atoms with Crippen molar-refractivity contribution in [2.24, 2.45) is 0 Å². The molecule has 36 heavy (non-hydrogen) atoms. The van der Waals surface area contributed by atoms with E-state index < -0.39 is 0 Å². The van der Waals surface area contributed by atoms with Crippen molar-refractivity contribution in [3.63, 3.8) is 0 Å². The molecule has 0 aliphatic carbocycles. The molecule has 0 unspecified atom stereocenters. The Labute approximate surface area is 210 Å². The van der Waals surface area contributed by atoms with Crippen molar-refractivity contribution in [3.05, 3.63) is 65.5 Å². The number of ether oxygens (including phenoxy) is 2. The smallest absolute Gasteiger partial charge is 0.259 e. The molecule has 1 aliphatic heterocycles. The Hall–Kier alpha value is -3.95. The third kappa shape index (κ3) is 5.81. The first-order chi connectivity index (χ1) is 17.5. The van der Waals surface area contributed by atoms with E-state index in [2.05, 4.69) is 15.3 Å². The number of amides is 2. The van der Waals surface area contributed by atoms with Crippen LogP contribution in [0.3, 0.4) is 0 Å². The third-order valence-corrected chi connectivity index (χ3v) is 6.38. The van der Waals surface area contributed by atoms with Gasteiger partial charge in [-0.05, 0) is 44.4 Å². The fourth-order valence-corrected chi connectivity index (χ4v) is 4.44. The second kappa shape index (κ2) is 11.7. The van der Waals surface area contributed by atoms with Gasteiger partial charge in [0.15, 0.2) is 0 Å². The molecule has 1 aliphatic rings. The zero-order chi connectivity index (χ0) is 25.5. The summed E-state index contributed by atoms with van der Waals surface area (Å²) < 4.78 is 12.4. The minimum Gasteiger partial charge on any atom is -0.481 e. The molecule has 1 fully saturated rings. The summed E-state index contributed by atoms with van der Waals surface area (Å²) in [6.45, 7) is 4.40. The zero-order valence-corrected chi connectivity index (χ0v) is 20.9. The van der Waals surface area contributed by atoms with E-state index in [0.717, 1.165) is 37.2 Å². The van der Waals surface area contributed by atoms with Crippen LogP contribution in [-0.4, -0.2) is 70.1 Å². The van der Waals surface area contributed by atoms with Crippen LogP contribution < -0.4 is 14.8 Å². The minimum absolute atomic E-state index is 0.0940. The van der Waals surface area contributed by atoms with Gasteiger partial charge in [0, 0.05) is 56.3 Å². The highest BCUT2D eigenvalue weighted by atomic mass is 16.5. The first-order valence-corrected chi connectivity index (χ1v) is 12.1. The molecule has 0 aromatic carbocycles. The second-order valence-electron chi connectivity index (χ2n) is 8.77. The number of hydrogen-bond donors (Lipinski definition) is 1. The van der Waals surface area contributed by atoms with Crippen LogP contribution in [-0.2, 0) is 6.54 Å². The SMILES string of the molecule is COc1ccc(C(=O)N2CCC(c3nc(C)ccc3C(=O)NCCCn3ccnc3)CC2)c(OC)n1. The molecule has 2 amide bonds. The number of methoxy groups -OCH3 is 2. The number of likely N-dealkylation sites (tertiary alicyclic amines) is 1. The van der Waals surface area contributed by atoms with Crippen LogP contribution in [0.1, 0.15) is 57.3 Å². The number of hydrogen-bond acceptors (Lipinski definition) is 7. The summed E-state index contributed by atoms with van der Waals surface area (Å²) >= 11 is 0. The van der Waals surface area contributed by atoms with E-state index in [1.807, 2.05) is 29.8 Å². The standard InChI is InChI=1S/C26H32N6O4/c1-18-5-6-20(24(33)28-11-4-13-31-16-12-27-17-31)23(29-18)19-9-14-32(15-10-19)26(34)21-7-8-22(35-2)30-25(21)36-3/h5-8,12,16-17,19H,4,9-11,13-15H2,1-3H3,(H,28,33). The van der Waals surface area contributed by atoms with Gasteiger partial charge in [0.05, 0.1) is 31.8 Å². The monoisotopic (exact) mass is 492 g/mol. The van der Waals surface area contributed by atoms with Gasteiger partial charge in [-0.1, -0.05) is 0 Å². The van der Waals surface area contributed by atoms with Crippen molar-refractivity contribution >= 4 is 11.8 Å². The van der Waals surface area contributed by atoms with E-state index in [1.54, 1.807) is 29.6 Å². The summed E-state index contributed by atoms with van der Waals surface area (Å²) in [6.07, 6.45) is 7.65. The summed E-state index contributed by atoms with van der Waals surface area (Å²) in [5.41, 5.74) is 2.68. The number of nitrogens with zero attached hydrogens (tertiary/aromatic N) is 5. The quantitative estimate of drug-likeness (QED) is 0.457. The van der Waals surface area contributed by atoms with Crippen LogP contribution in [0, 0.1) is 6.92 Å².